The highest BCUT2D eigenvalue weighted by atomic mass is 19.2. The lowest BCUT2D eigenvalue weighted by Crippen LogP contribution is -2.23. The van der Waals surface area contributed by atoms with Crippen molar-refractivity contribution in [1.82, 2.24) is 0 Å². The lowest BCUT2D eigenvalue weighted by Gasteiger charge is -2.14. The van der Waals surface area contributed by atoms with Gasteiger partial charge in [-0.15, -0.1) is 0 Å². The summed E-state index contributed by atoms with van der Waals surface area (Å²) in [6.45, 7) is 0. The van der Waals surface area contributed by atoms with Gasteiger partial charge in [0.05, 0.1) is 6.42 Å². The maximum Gasteiger partial charge on any atom is 0.253 e. The van der Waals surface area contributed by atoms with Gasteiger partial charge in [0, 0.05) is 6.21 Å². The standard InChI is InChI=1S/C9H3F5N2O/c10-4-5(11)7(13)9(8(14)6(4)12)16-3(17)1-2-15-16/h2H,1H2. The van der Waals surface area contributed by atoms with Crippen LogP contribution in [0.1, 0.15) is 6.42 Å². The number of carbonyl (C=O) groups is 1. The SMILES string of the molecule is O=C1CC=NN1c1c(F)c(F)c(F)c(F)c1F. The van der Waals surface area contributed by atoms with Crippen molar-refractivity contribution in [3.63, 3.8) is 0 Å². The summed E-state index contributed by atoms with van der Waals surface area (Å²) in [5, 5.41) is 3.39. The first-order valence-electron chi connectivity index (χ1n) is 4.32. The zero-order valence-corrected chi connectivity index (χ0v) is 7.98. The Hall–Kier alpha value is -1.99. The molecule has 0 fully saturated rings. The number of benzene rings is 1. The lowest BCUT2D eigenvalue weighted by atomic mass is 10.2. The second-order valence-electron chi connectivity index (χ2n) is 3.13. The third-order valence-electron chi connectivity index (χ3n) is 2.10. The lowest BCUT2D eigenvalue weighted by molar-refractivity contribution is -0.116. The monoisotopic (exact) mass is 250 g/mol. The Bertz CT molecular complexity index is 514. The third kappa shape index (κ3) is 1.56. The van der Waals surface area contributed by atoms with E-state index in [1.54, 1.807) is 0 Å². The van der Waals surface area contributed by atoms with Gasteiger partial charge in [-0.3, -0.25) is 4.79 Å². The Kier molecular flexibility index (Phi) is 2.56. The van der Waals surface area contributed by atoms with E-state index in [-0.39, 0.29) is 11.4 Å². The molecule has 0 aliphatic carbocycles. The number of hydrazone groups is 1. The van der Waals surface area contributed by atoms with Crippen molar-refractivity contribution >= 4 is 17.8 Å². The maximum atomic E-state index is 13.2. The molecule has 1 aromatic carbocycles. The van der Waals surface area contributed by atoms with Crippen LogP contribution >= 0.6 is 0 Å². The van der Waals surface area contributed by atoms with Gasteiger partial charge in [-0.25, -0.2) is 22.0 Å². The van der Waals surface area contributed by atoms with E-state index in [2.05, 4.69) is 5.10 Å². The van der Waals surface area contributed by atoms with Gasteiger partial charge in [0.25, 0.3) is 5.91 Å². The number of anilines is 1. The van der Waals surface area contributed by atoms with Crippen molar-refractivity contribution < 1.29 is 26.7 Å². The van der Waals surface area contributed by atoms with Crippen LogP contribution in [0.2, 0.25) is 0 Å². The first-order valence-corrected chi connectivity index (χ1v) is 4.32. The number of carbonyl (C=O) groups excluding carboxylic acids is 1. The predicted molar refractivity (Wildman–Crippen MR) is 46.8 cm³/mol. The molecule has 3 nitrogen and oxygen atoms in total. The van der Waals surface area contributed by atoms with Gasteiger partial charge < -0.3 is 0 Å². The van der Waals surface area contributed by atoms with Crippen LogP contribution in [-0.2, 0) is 4.79 Å². The van der Waals surface area contributed by atoms with Crippen molar-refractivity contribution in [3.05, 3.63) is 29.1 Å². The van der Waals surface area contributed by atoms with Gasteiger partial charge in [-0.05, 0) is 0 Å². The van der Waals surface area contributed by atoms with Gasteiger partial charge in [-0.1, -0.05) is 0 Å². The zero-order chi connectivity index (χ0) is 12.7. The van der Waals surface area contributed by atoms with Crippen LogP contribution in [0, 0.1) is 29.1 Å². The van der Waals surface area contributed by atoms with Crippen molar-refractivity contribution in [2.24, 2.45) is 5.10 Å². The molecule has 1 aromatic rings. The first-order chi connectivity index (χ1) is 7.95. The molecule has 0 radical (unpaired) electrons. The summed E-state index contributed by atoms with van der Waals surface area (Å²) in [7, 11) is 0. The van der Waals surface area contributed by atoms with Crippen LogP contribution in [0.3, 0.4) is 0 Å². The van der Waals surface area contributed by atoms with Crippen LogP contribution < -0.4 is 5.01 Å². The number of hydrogen-bond donors (Lipinski definition) is 0. The van der Waals surface area contributed by atoms with Gasteiger partial charge in [-0.2, -0.15) is 10.1 Å². The summed E-state index contributed by atoms with van der Waals surface area (Å²) in [5.74, 6) is -11.6. The molecule has 0 saturated heterocycles. The molecule has 0 unspecified atom stereocenters. The van der Waals surface area contributed by atoms with Crippen molar-refractivity contribution in [2.75, 3.05) is 5.01 Å². The average Bonchev–Trinajstić information content (AvgIpc) is 2.71. The third-order valence-corrected chi connectivity index (χ3v) is 2.10. The van der Waals surface area contributed by atoms with Crippen molar-refractivity contribution in [2.45, 2.75) is 6.42 Å². The summed E-state index contributed by atoms with van der Waals surface area (Å²) in [4.78, 5) is 11.1. The van der Waals surface area contributed by atoms with E-state index in [1.165, 1.54) is 0 Å². The van der Waals surface area contributed by atoms with E-state index in [4.69, 9.17) is 0 Å². The van der Waals surface area contributed by atoms with Crippen LogP contribution in [0.4, 0.5) is 27.6 Å². The molecule has 1 aliphatic rings. The number of halogens is 5. The Balaban J connectivity index is 2.70. The smallest absolute Gasteiger partial charge is 0.253 e. The first kappa shape index (κ1) is 11.5. The molecule has 1 amide bonds. The summed E-state index contributed by atoms with van der Waals surface area (Å²) in [5.41, 5.74) is -1.36. The van der Waals surface area contributed by atoms with Crippen LogP contribution in [-0.4, -0.2) is 12.1 Å². The molecule has 0 aromatic heterocycles. The van der Waals surface area contributed by atoms with Gasteiger partial charge >= 0.3 is 0 Å². The highest BCUT2D eigenvalue weighted by Gasteiger charge is 2.32. The molecule has 0 saturated carbocycles. The van der Waals surface area contributed by atoms with Crippen LogP contribution in [0.15, 0.2) is 5.10 Å². The minimum Gasteiger partial charge on any atom is -0.272 e. The number of nitrogens with zero attached hydrogens (tertiary/aromatic N) is 2. The molecule has 0 atom stereocenters. The minimum absolute atomic E-state index is 0.149. The molecule has 0 bridgehead atoms. The van der Waals surface area contributed by atoms with E-state index in [9.17, 15) is 26.7 Å². The number of hydrogen-bond acceptors (Lipinski definition) is 2. The molecule has 1 heterocycles. The maximum absolute atomic E-state index is 13.2. The molecule has 1 aliphatic heterocycles. The summed E-state index contributed by atoms with van der Waals surface area (Å²) in [6, 6.07) is 0. The van der Waals surface area contributed by atoms with E-state index in [1.807, 2.05) is 0 Å². The molecule has 90 valence electrons. The quantitative estimate of drug-likeness (QED) is 0.427. The fourth-order valence-corrected chi connectivity index (χ4v) is 1.31. The molecule has 8 heteroatoms. The zero-order valence-electron chi connectivity index (χ0n) is 7.98. The normalized spacial score (nSPS) is 14.9. The van der Waals surface area contributed by atoms with Gasteiger partial charge in [0.2, 0.25) is 5.82 Å². The predicted octanol–water partition coefficient (Wildman–Crippen LogP) is 2.10. The summed E-state index contributed by atoms with van der Waals surface area (Å²) in [6.07, 6.45) is 0.736. The second kappa shape index (κ2) is 3.79. The topological polar surface area (TPSA) is 32.7 Å². The summed E-state index contributed by atoms with van der Waals surface area (Å²) >= 11 is 0. The fraction of sp³-hybridized carbons (Fsp3) is 0.111. The van der Waals surface area contributed by atoms with E-state index in [0.29, 0.717) is 0 Å². The molecule has 2 rings (SSSR count). The second-order valence-corrected chi connectivity index (χ2v) is 3.13. The highest BCUT2D eigenvalue weighted by molar-refractivity contribution is 6.05. The van der Waals surface area contributed by atoms with E-state index < -0.39 is 40.7 Å². The fourth-order valence-electron chi connectivity index (χ4n) is 1.31. The van der Waals surface area contributed by atoms with Crippen molar-refractivity contribution in [3.8, 4) is 0 Å². The van der Waals surface area contributed by atoms with Crippen molar-refractivity contribution in [1.29, 1.82) is 0 Å². The Labute approximate surface area is 91.1 Å². The molecule has 17 heavy (non-hydrogen) atoms. The highest BCUT2D eigenvalue weighted by Crippen LogP contribution is 2.31. The number of amides is 1. The molecule has 0 spiro atoms. The van der Waals surface area contributed by atoms with Gasteiger partial charge in [0.15, 0.2) is 23.3 Å². The summed E-state index contributed by atoms with van der Waals surface area (Å²) < 4.78 is 64.9. The molecular formula is C9H3F5N2O. The Morgan fingerprint density at radius 3 is 1.82 bits per heavy atom. The number of rotatable bonds is 1. The van der Waals surface area contributed by atoms with Crippen LogP contribution in [0.5, 0.6) is 0 Å². The largest absolute Gasteiger partial charge is 0.272 e. The van der Waals surface area contributed by atoms with E-state index >= 15 is 0 Å². The Morgan fingerprint density at radius 2 is 1.41 bits per heavy atom. The molecular weight excluding hydrogens is 247 g/mol. The van der Waals surface area contributed by atoms with E-state index in [0.717, 1.165) is 6.21 Å². The Morgan fingerprint density at radius 1 is 0.941 bits per heavy atom. The average molecular weight is 250 g/mol. The van der Waals surface area contributed by atoms with Gasteiger partial charge in [0.1, 0.15) is 5.69 Å². The van der Waals surface area contributed by atoms with Crippen LogP contribution in [0.25, 0.3) is 0 Å². The minimum atomic E-state index is -2.28. The molecule has 0 N–H and O–H groups in total.